The van der Waals surface area contributed by atoms with Crippen LogP contribution in [0.1, 0.15) is 11.6 Å². The number of halogens is 2. The SMILES string of the molecule is COc1cc([C@H](N)C(=O)O)ccc1F.Cl. The zero-order valence-corrected chi connectivity index (χ0v) is 8.75. The number of ether oxygens (including phenoxy) is 1. The largest absolute Gasteiger partial charge is 0.494 e. The Morgan fingerprint density at radius 1 is 1.60 bits per heavy atom. The van der Waals surface area contributed by atoms with Gasteiger partial charge in [-0.15, -0.1) is 12.4 Å². The number of aliphatic carboxylic acids is 1. The number of carbonyl (C=O) groups is 1. The van der Waals surface area contributed by atoms with Crippen molar-refractivity contribution >= 4 is 18.4 Å². The second-order valence-corrected chi connectivity index (χ2v) is 2.71. The minimum absolute atomic E-state index is 0. The Bertz CT molecular complexity index is 359. The van der Waals surface area contributed by atoms with Gasteiger partial charge in [0.1, 0.15) is 6.04 Å². The summed E-state index contributed by atoms with van der Waals surface area (Å²) in [6.07, 6.45) is 0. The summed E-state index contributed by atoms with van der Waals surface area (Å²) < 4.78 is 17.6. The molecule has 0 spiro atoms. The summed E-state index contributed by atoms with van der Waals surface area (Å²) in [5.41, 5.74) is 5.64. The fourth-order valence-corrected chi connectivity index (χ4v) is 1.01. The minimum Gasteiger partial charge on any atom is -0.494 e. The molecule has 0 heterocycles. The Labute approximate surface area is 92.3 Å². The van der Waals surface area contributed by atoms with Gasteiger partial charge < -0.3 is 15.6 Å². The molecule has 1 aromatic rings. The van der Waals surface area contributed by atoms with Crippen LogP contribution in [0.5, 0.6) is 5.75 Å². The summed E-state index contributed by atoms with van der Waals surface area (Å²) >= 11 is 0. The highest BCUT2D eigenvalue weighted by atomic mass is 35.5. The van der Waals surface area contributed by atoms with Crippen LogP contribution in [0.2, 0.25) is 0 Å². The molecular weight excluding hydrogens is 225 g/mol. The average Bonchev–Trinajstić information content (AvgIpc) is 2.17. The van der Waals surface area contributed by atoms with E-state index in [2.05, 4.69) is 0 Å². The van der Waals surface area contributed by atoms with E-state index in [-0.39, 0.29) is 18.2 Å². The summed E-state index contributed by atoms with van der Waals surface area (Å²) in [7, 11) is 1.30. The molecule has 1 atom stereocenters. The number of carboxylic acids is 1. The lowest BCUT2D eigenvalue weighted by Gasteiger charge is -2.08. The van der Waals surface area contributed by atoms with E-state index in [9.17, 15) is 9.18 Å². The van der Waals surface area contributed by atoms with Crippen LogP contribution in [0.4, 0.5) is 4.39 Å². The lowest BCUT2D eigenvalue weighted by molar-refractivity contribution is -0.138. The third-order valence-corrected chi connectivity index (χ3v) is 1.80. The standard InChI is InChI=1S/C9H10FNO3.ClH/c1-14-7-4-5(2-3-6(7)10)8(11)9(12)13;/h2-4,8H,11H2,1H3,(H,12,13);1H/t8-;/m0./s1. The molecule has 0 amide bonds. The fraction of sp³-hybridized carbons (Fsp3) is 0.222. The van der Waals surface area contributed by atoms with Gasteiger partial charge in [-0.3, -0.25) is 4.79 Å². The molecule has 4 nitrogen and oxygen atoms in total. The van der Waals surface area contributed by atoms with E-state index < -0.39 is 17.8 Å². The number of nitrogens with two attached hydrogens (primary N) is 1. The highest BCUT2D eigenvalue weighted by Gasteiger charge is 2.15. The molecule has 0 aliphatic heterocycles. The molecule has 0 fully saturated rings. The van der Waals surface area contributed by atoms with E-state index in [1.165, 1.54) is 19.2 Å². The molecule has 0 aromatic heterocycles. The van der Waals surface area contributed by atoms with Crippen LogP contribution < -0.4 is 10.5 Å². The van der Waals surface area contributed by atoms with Gasteiger partial charge in [0.25, 0.3) is 0 Å². The first kappa shape index (κ1) is 13.7. The molecule has 0 saturated carbocycles. The first-order valence-electron chi connectivity index (χ1n) is 3.88. The molecule has 0 aliphatic carbocycles. The zero-order valence-electron chi connectivity index (χ0n) is 7.94. The van der Waals surface area contributed by atoms with Gasteiger partial charge in [0.15, 0.2) is 11.6 Å². The van der Waals surface area contributed by atoms with Gasteiger partial charge in [0.2, 0.25) is 0 Å². The lowest BCUT2D eigenvalue weighted by atomic mass is 10.1. The average molecular weight is 236 g/mol. The van der Waals surface area contributed by atoms with Crippen molar-refractivity contribution in [2.24, 2.45) is 5.73 Å². The van der Waals surface area contributed by atoms with Crippen molar-refractivity contribution in [1.29, 1.82) is 0 Å². The number of benzene rings is 1. The zero-order chi connectivity index (χ0) is 10.7. The quantitative estimate of drug-likeness (QED) is 0.829. The Kier molecular flexibility index (Phi) is 5.04. The predicted molar refractivity (Wildman–Crippen MR) is 54.8 cm³/mol. The Morgan fingerprint density at radius 3 is 2.67 bits per heavy atom. The van der Waals surface area contributed by atoms with E-state index in [0.717, 1.165) is 6.07 Å². The molecule has 0 radical (unpaired) electrons. The number of methoxy groups -OCH3 is 1. The molecule has 1 rings (SSSR count). The summed E-state index contributed by atoms with van der Waals surface area (Å²) in [5.74, 6) is -1.73. The van der Waals surface area contributed by atoms with Crippen molar-refractivity contribution in [3.63, 3.8) is 0 Å². The Balaban J connectivity index is 0.00000196. The molecule has 0 saturated heterocycles. The van der Waals surface area contributed by atoms with Gasteiger partial charge in [-0.2, -0.15) is 0 Å². The maximum Gasteiger partial charge on any atom is 0.325 e. The highest BCUT2D eigenvalue weighted by Crippen LogP contribution is 2.21. The number of hydrogen-bond donors (Lipinski definition) is 2. The molecule has 3 N–H and O–H groups in total. The maximum absolute atomic E-state index is 12.9. The van der Waals surface area contributed by atoms with Crippen LogP contribution in [0.3, 0.4) is 0 Å². The molecule has 15 heavy (non-hydrogen) atoms. The summed E-state index contributed by atoms with van der Waals surface area (Å²) in [6.45, 7) is 0. The van der Waals surface area contributed by atoms with Crippen molar-refractivity contribution in [3.8, 4) is 5.75 Å². The second kappa shape index (κ2) is 5.53. The molecule has 84 valence electrons. The number of rotatable bonds is 3. The summed E-state index contributed by atoms with van der Waals surface area (Å²) in [4.78, 5) is 10.5. The van der Waals surface area contributed by atoms with E-state index in [0.29, 0.717) is 5.56 Å². The van der Waals surface area contributed by atoms with Gasteiger partial charge in [-0.05, 0) is 17.7 Å². The van der Waals surface area contributed by atoms with Gasteiger partial charge in [0.05, 0.1) is 7.11 Å². The molecular formula is C9H11ClFNO3. The van der Waals surface area contributed by atoms with Crippen LogP contribution in [0.15, 0.2) is 18.2 Å². The topological polar surface area (TPSA) is 72.5 Å². The van der Waals surface area contributed by atoms with E-state index in [4.69, 9.17) is 15.6 Å². The molecule has 0 aliphatic rings. The second-order valence-electron chi connectivity index (χ2n) is 2.71. The van der Waals surface area contributed by atoms with Crippen LogP contribution in [0.25, 0.3) is 0 Å². The van der Waals surface area contributed by atoms with Crippen molar-refractivity contribution < 1.29 is 19.0 Å². The first-order valence-corrected chi connectivity index (χ1v) is 3.88. The highest BCUT2D eigenvalue weighted by molar-refractivity contribution is 5.85. The molecule has 0 unspecified atom stereocenters. The number of carboxylic acid groups (broad SMARTS) is 1. The maximum atomic E-state index is 12.9. The fourth-order valence-electron chi connectivity index (χ4n) is 1.01. The van der Waals surface area contributed by atoms with Crippen LogP contribution in [-0.4, -0.2) is 18.2 Å². The lowest BCUT2D eigenvalue weighted by Crippen LogP contribution is -2.20. The van der Waals surface area contributed by atoms with Crippen molar-refractivity contribution in [2.75, 3.05) is 7.11 Å². The van der Waals surface area contributed by atoms with E-state index >= 15 is 0 Å². The van der Waals surface area contributed by atoms with Crippen LogP contribution in [-0.2, 0) is 4.79 Å². The first-order chi connectivity index (χ1) is 6.56. The summed E-state index contributed by atoms with van der Waals surface area (Å²) in [6, 6.07) is 2.55. The third-order valence-electron chi connectivity index (χ3n) is 1.80. The normalized spacial score (nSPS) is 11.4. The van der Waals surface area contributed by atoms with Gasteiger partial charge in [-0.1, -0.05) is 6.07 Å². The Hall–Kier alpha value is -1.33. The number of hydrogen-bond acceptors (Lipinski definition) is 3. The third kappa shape index (κ3) is 3.07. The Morgan fingerprint density at radius 2 is 2.20 bits per heavy atom. The van der Waals surface area contributed by atoms with E-state index in [1.807, 2.05) is 0 Å². The minimum atomic E-state index is -1.17. The molecule has 6 heteroatoms. The van der Waals surface area contributed by atoms with Crippen molar-refractivity contribution in [1.82, 2.24) is 0 Å². The molecule has 1 aromatic carbocycles. The van der Waals surface area contributed by atoms with Crippen LogP contribution in [0, 0.1) is 5.82 Å². The van der Waals surface area contributed by atoms with Crippen molar-refractivity contribution in [2.45, 2.75) is 6.04 Å². The smallest absolute Gasteiger partial charge is 0.325 e. The monoisotopic (exact) mass is 235 g/mol. The van der Waals surface area contributed by atoms with Crippen LogP contribution >= 0.6 is 12.4 Å². The molecule has 0 bridgehead atoms. The summed E-state index contributed by atoms with van der Waals surface area (Å²) in [5, 5.41) is 8.61. The van der Waals surface area contributed by atoms with Gasteiger partial charge in [-0.25, -0.2) is 4.39 Å². The predicted octanol–water partition coefficient (Wildman–Crippen LogP) is 1.34. The van der Waals surface area contributed by atoms with Crippen molar-refractivity contribution in [3.05, 3.63) is 29.6 Å². The van der Waals surface area contributed by atoms with E-state index in [1.54, 1.807) is 0 Å². The van der Waals surface area contributed by atoms with Gasteiger partial charge >= 0.3 is 5.97 Å². The van der Waals surface area contributed by atoms with Gasteiger partial charge in [0, 0.05) is 0 Å².